The molecule has 7 heteroatoms. The average molecular weight is 359 g/mol. The van der Waals surface area contributed by atoms with Gasteiger partial charge >= 0.3 is 0 Å². The van der Waals surface area contributed by atoms with Crippen molar-refractivity contribution in [2.24, 2.45) is 0 Å². The molecule has 0 radical (unpaired) electrons. The summed E-state index contributed by atoms with van der Waals surface area (Å²) in [5.74, 6) is 0. The van der Waals surface area contributed by atoms with Gasteiger partial charge in [-0.2, -0.15) is 0 Å². The molecule has 20 heavy (non-hydrogen) atoms. The molecule has 0 saturated heterocycles. The maximum atomic E-state index is 8.66. The van der Waals surface area contributed by atoms with Gasteiger partial charge in [0.05, 0.1) is 0 Å². The second-order valence-corrected chi connectivity index (χ2v) is 28.5. The summed E-state index contributed by atoms with van der Waals surface area (Å²) in [5.41, 5.74) is 0. The first-order valence-corrected chi connectivity index (χ1v) is 21.5. The smallest absolute Gasteiger partial charge is 0.179 e. The SMILES string of the molecule is C[Si](C)(C)C.C[Si](C)(C)O.C[Si](C)(C)O.C[Si](C)(C)O. The van der Waals surface area contributed by atoms with E-state index in [4.69, 9.17) is 14.4 Å². The van der Waals surface area contributed by atoms with E-state index >= 15 is 0 Å². The Balaban J connectivity index is -0.0000000853. The predicted octanol–water partition coefficient (Wildman–Crippen LogP) is 4.40. The molecule has 0 saturated carbocycles. The zero-order valence-corrected chi connectivity index (χ0v) is 20.3. The van der Waals surface area contributed by atoms with E-state index in [0.29, 0.717) is 0 Å². The van der Waals surface area contributed by atoms with Gasteiger partial charge in [-0.05, 0) is 58.9 Å². The van der Waals surface area contributed by atoms with Crippen LogP contribution in [0.4, 0.5) is 0 Å². The zero-order valence-electron chi connectivity index (χ0n) is 16.3. The molecule has 3 nitrogen and oxygen atoms in total. The van der Waals surface area contributed by atoms with Crippen LogP contribution in [0.25, 0.3) is 0 Å². The number of hydrogen-bond acceptors (Lipinski definition) is 3. The Bertz CT molecular complexity index is 136. The molecule has 0 aromatic carbocycles. The summed E-state index contributed by atoms with van der Waals surface area (Å²) in [5, 5.41) is 0. The Kier molecular flexibility index (Phi) is 16.3. The topological polar surface area (TPSA) is 60.7 Å². The number of hydrogen-bond donors (Lipinski definition) is 3. The van der Waals surface area contributed by atoms with Crippen LogP contribution >= 0.6 is 0 Å². The van der Waals surface area contributed by atoms with E-state index in [2.05, 4.69) is 26.2 Å². The van der Waals surface area contributed by atoms with Crippen LogP contribution in [0, 0.1) is 0 Å². The van der Waals surface area contributed by atoms with E-state index in [1.54, 1.807) is 0 Å². The van der Waals surface area contributed by atoms with Crippen molar-refractivity contribution in [3.63, 3.8) is 0 Å². The van der Waals surface area contributed by atoms with Crippen molar-refractivity contribution in [2.75, 3.05) is 0 Å². The maximum absolute atomic E-state index is 8.66. The van der Waals surface area contributed by atoms with E-state index in [-0.39, 0.29) is 0 Å². The molecule has 0 rings (SSSR count). The lowest BCUT2D eigenvalue weighted by molar-refractivity contribution is 0.559. The minimum Gasteiger partial charge on any atom is -0.433 e. The van der Waals surface area contributed by atoms with Crippen molar-refractivity contribution in [2.45, 2.75) is 85.1 Å². The number of rotatable bonds is 0. The van der Waals surface area contributed by atoms with Crippen molar-refractivity contribution >= 4 is 33.0 Å². The molecule has 0 unspecified atom stereocenters. The van der Waals surface area contributed by atoms with E-state index in [0.717, 1.165) is 0 Å². The predicted molar refractivity (Wildman–Crippen MR) is 106 cm³/mol. The third-order valence-corrected chi connectivity index (χ3v) is 0. The Labute approximate surface area is 132 Å². The third-order valence-electron chi connectivity index (χ3n) is 0. The molecule has 0 aliphatic heterocycles. The summed E-state index contributed by atoms with van der Waals surface area (Å²) in [6.07, 6.45) is 0. The summed E-state index contributed by atoms with van der Waals surface area (Å²) in [4.78, 5) is 26.0. The van der Waals surface area contributed by atoms with Crippen LogP contribution in [0.3, 0.4) is 0 Å². The molecule has 0 amide bonds. The maximum Gasteiger partial charge on any atom is 0.179 e. The molecule has 0 aliphatic carbocycles. The first-order valence-electron chi connectivity index (χ1n) is 7.17. The van der Waals surface area contributed by atoms with Crippen LogP contribution in [-0.4, -0.2) is 47.4 Å². The molecule has 0 aromatic rings. The normalized spacial score (nSPS) is 12.0. The fraction of sp³-hybridized carbons (Fsp3) is 1.00. The minimum absolute atomic E-state index is 0.611. The Hall–Kier alpha value is 0.748. The van der Waals surface area contributed by atoms with Gasteiger partial charge in [0.2, 0.25) is 0 Å². The van der Waals surface area contributed by atoms with E-state index in [9.17, 15) is 0 Å². The minimum atomic E-state index is -1.61. The van der Waals surface area contributed by atoms with Crippen LogP contribution in [0.1, 0.15) is 0 Å². The molecular weight excluding hydrogens is 316 g/mol. The van der Waals surface area contributed by atoms with Gasteiger partial charge in [-0.3, -0.25) is 0 Å². The summed E-state index contributed by atoms with van der Waals surface area (Å²) in [7, 11) is -5.44. The van der Waals surface area contributed by atoms with Crippen LogP contribution in [-0.2, 0) is 0 Å². The monoisotopic (exact) mass is 358 g/mol. The van der Waals surface area contributed by atoms with Gasteiger partial charge in [0.1, 0.15) is 0 Å². The van der Waals surface area contributed by atoms with Crippen LogP contribution in [0.15, 0.2) is 0 Å². The lowest BCUT2D eigenvalue weighted by Crippen LogP contribution is -2.17. The van der Waals surface area contributed by atoms with Crippen molar-refractivity contribution in [3.05, 3.63) is 0 Å². The average Bonchev–Trinajstić information content (AvgIpc) is 1.62. The molecule has 0 fully saturated rings. The highest BCUT2D eigenvalue weighted by atomic mass is 28.4. The summed E-state index contributed by atoms with van der Waals surface area (Å²) < 4.78 is 0. The molecule has 0 aromatic heterocycles. The van der Waals surface area contributed by atoms with Crippen molar-refractivity contribution in [1.29, 1.82) is 0 Å². The lowest BCUT2D eigenvalue weighted by Gasteiger charge is -2.01. The summed E-state index contributed by atoms with van der Waals surface area (Å²) >= 11 is 0. The second-order valence-electron chi connectivity index (χ2n) is 9.51. The molecule has 0 atom stereocenters. The van der Waals surface area contributed by atoms with Crippen molar-refractivity contribution < 1.29 is 14.4 Å². The van der Waals surface area contributed by atoms with Gasteiger partial charge in [0.25, 0.3) is 0 Å². The third kappa shape index (κ3) is 10600. The molecule has 0 spiro atoms. The molecule has 0 heterocycles. The molecule has 0 aliphatic rings. The van der Waals surface area contributed by atoms with Crippen LogP contribution in [0.2, 0.25) is 85.1 Å². The van der Waals surface area contributed by atoms with E-state index in [1.165, 1.54) is 0 Å². The van der Waals surface area contributed by atoms with Gasteiger partial charge in [0.15, 0.2) is 25.0 Å². The fourth-order valence-corrected chi connectivity index (χ4v) is 0. The summed E-state index contributed by atoms with van der Waals surface area (Å²) in [6, 6.07) is 0. The highest BCUT2D eigenvalue weighted by Crippen LogP contribution is 1.94. The highest BCUT2D eigenvalue weighted by Gasteiger charge is 2.04. The van der Waals surface area contributed by atoms with Gasteiger partial charge < -0.3 is 14.4 Å². The molecule has 128 valence electrons. The largest absolute Gasteiger partial charge is 0.433 e. The fourth-order valence-electron chi connectivity index (χ4n) is 0. The molecule has 0 bridgehead atoms. The van der Waals surface area contributed by atoms with Crippen LogP contribution < -0.4 is 0 Å². The van der Waals surface area contributed by atoms with Crippen molar-refractivity contribution in [3.8, 4) is 0 Å². The molecular formula is C13H42O3Si4. The standard InChI is InChI=1S/C4H12Si.3C3H10OSi/c4*1-5(2,3)4/h1-4H3;3*4H,1-3H3. The lowest BCUT2D eigenvalue weighted by atomic mass is 11.8. The van der Waals surface area contributed by atoms with Gasteiger partial charge in [0, 0.05) is 8.07 Å². The van der Waals surface area contributed by atoms with Gasteiger partial charge in [-0.15, -0.1) is 0 Å². The Morgan fingerprint density at radius 1 is 0.350 bits per heavy atom. The quantitative estimate of drug-likeness (QED) is 0.563. The van der Waals surface area contributed by atoms with Crippen molar-refractivity contribution in [1.82, 2.24) is 0 Å². The highest BCUT2D eigenvalue weighted by molar-refractivity contribution is 6.74. The Morgan fingerprint density at radius 3 is 0.350 bits per heavy atom. The summed E-state index contributed by atoms with van der Waals surface area (Å²) in [6.45, 7) is 26.2. The molecule has 3 N–H and O–H groups in total. The van der Waals surface area contributed by atoms with Gasteiger partial charge in [-0.1, -0.05) is 26.2 Å². The van der Waals surface area contributed by atoms with Gasteiger partial charge in [-0.25, -0.2) is 0 Å². The Morgan fingerprint density at radius 2 is 0.350 bits per heavy atom. The second kappa shape index (κ2) is 11.3. The first-order chi connectivity index (χ1) is 8.00. The van der Waals surface area contributed by atoms with E-state index < -0.39 is 33.0 Å². The zero-order chi connectivity index (χ0) is 18.0. The van der Waals surface area contributed by atoms with Crippen LogP contribution in [0.5, 0.6) is 0 Å². The van der Waals surface area contributed by atoms with E-state index in [1.807, 2.05) is 58.9 Å². The first kappa shape index (κ1) is 28.8.